The Hall–Kier alpha value is -2.71. The number of methoxy groups -OCH3 is 1. The number of carbonyl (C=O) groups is 2. The average molecular weight is 416 g/mol. The number of hydrogen-bond acceptors (Lipinski definition) is 5. The number of esters is 1. The van der Waals surface area contributed by atoms with Crippen LogP contribution >= 0.6 is 0 Å². The molecule has 154 valence electrons. The molecule has 2 aromatic rings. The summed E-state index contributed by atoms with van der Waals surface area (Å²) >= 11 is 0. The van der Waals surface area contributed by atoms with Crippen LogP contribution in [0, 0.1) is 5.92 Å². The molecule has 0 unspecified atom stereocenters. The van der Waals surface area contributed by atoms with Crippen LogP contribution in [0.4, 0.5) is 5.69 Å². The summed E-state index contributed by atoms with van der Waals surface area (Å²) in [5.74, 6) is -0.458. The Balaban J connectivity index is 1.79. The number of rotatable bonds is 5. The summed E-state index contributed by atoms with van der Waals surface area (Å²) in [6, 6.07) is 12.3. The maximum Gasteiger partial charge on any atom is 0.337 e. The van der Waals surface area contributed by atoms with Crippen molar-refractivity contribution >= 4 is 27.6 Å². The van der Waals surface area contributed by atoms with Crippen LogP contribution in [0.3, 0.4) is 0 Å². The van der Waals surface area contributed by atoms with Crippen LogP contribution in [0.25, 0.3) is 0 Å². The molecule has 0 spiro atoms. The van der Waals surface area contributed by atoms with Crippen molar-refractivity contribution < 1.29 is 22.7 Å². The minimum absolute atomic E-state index is 0.100. The van der Waals surface area contributed by atoms with Crippen molar-refractivity contribution in [2.75, 3.05) is 25.5 Å². The van der Waals surface area contributed by atoms with E-state index >= 15 is 0 Å². The Labute approximate surface area is 170 Å². The highest BCUT2D eigenvalue weighted by molar-refractivity contribution is 7.89. The molecular weight excluding hydrogens is 392 g/mol. The first-order valence-corrected chi connectivity index (χ1v) is 10.8. The van der Waals surface area contributed by atoms with Crippen molar-refractivity contribution in [2.24, 2.45) is 5.92 Å². The summed E-state index contributed by atoms with van der Waals surface area (Å²) in [4.78, 5) is 24.4. The molecule has 29 heavy (non-hydrogen) atoms. The highest BCUT2D eigenvalue weighted by Gasteiger charge is 2.28. The number of benzene rings is 2. The molecule has 0 saturated carbocycles. The van der Waals surface area contributed by atoms with Gasteiger partial charge < -0.3 is 10.1 Å². The number of ether oxygens (including phenoxy) is 1. The van der Waals surface area contributed by atoms with E-state index in [9.17, 15) is 18.0 Å². The van der Waals surface area contributed by atoms with Gasteiger partial charge in [-0.1, -0.05) is 19.1 Å². The second-order valence-corrected chi connectivity index (χ2v) is 9.08. The summed E-state index contributed by atoms with van der Waals surface area (Å²) in [7, 11) is -2.36. The molecular formula is C21H24N2O5S. The lowest BCUT2D eigenvalue weighted by Crippen LogP contribution is -2.37. The number of piperidine rings is 1. The van der Waals surface area contributed by atoms with Crippen molar-refractivity contribution in [1.29, 1.82) is 0 Å². The number of sulfonamides is 1. The molecule has 2 aromatic carbocycles. The van der Waals surface area contributed by atoms with E-state index in [-0.39, 0.29) is 10.5 Å². The Kier molecular flexibility index (Phi) is 6.34. The molecule has 0 atom stereocenters. The fourth-order valence-electron chi connectivity index (χ4n) is 3.22. The van der Waals surface area contributed by atoms with Crippen molar-refractivity contribution in [2.45, 2.75) is 24.7 Å². The van der Waals surface area contributed by atoms with Crippen molar-refractivity contribution in [3.63, 3.8) is 0 Å². The van der Waals surface area contributed by atoms with Gasteiger partial charge in [0.15, 0.2) is 0 Å². The number of carbonyl (C=O) groups excluding carboxylic acids is 2. The lowest BCUT2D eigenvalue weighted by molar-refractivity contribution is 0.0600. The Bertz CT molecular complexity index is 1010. The molecule has 1 N–H and O–H groups in total. The fourth-order valence-corrected chi connectivity index (χ4v) is 4.73. The molecule has 1 saturated heterocycles. The summed E-state index contributed by atoms with van der Waals surface area (Å²) in [5.41, 5.74) is 0.942. The zero-order valence-electron chi connectivity index (χ0n) is 16.4. The minimum atomic E-state index is -3.64. The number of nitrogens with one attached hydrogen (secondary N) is 1. The standard InChI is InChI=1S/C21H24N2O5S/c1-15-9-11-23(12-10-15)29(26,27)19-8-4-5-16(14-19)20(24)22-18-7-3-6-17(13-18)21(25)28-2/h3-8,13-15H,9-12H2,1-2H3,(H,22,24). The van der Waals surface area contributed by atoms with E-state index < -0.39 is 21.9 Å². The predicted octanol–water partition coefficient (Wildman–Crippen LogP) is 3.15. The van der Waals surface area contributed by atoms with Crippen LogP contribution < -0.4 is 5.32 Å². The Morgan fingerprint density at radius 2 is 1.69 bits per heavy atom. The molecule has 1 fully saturated rings. The predicted molar refractivity (Wildman–Crippen MR) is 109 cm³/mol. The lowest BCUT2D eigenvalue weighted by Gasteiger charge is -2.29. The Morgan fingerprint density at radius 1 is 1.03 bits per heavy atom. The highest BCUT2D eigenvalue weighted by atomic mass is 32.2. The molecule has 0 radical (unpaired) electrons. The quantitative estimate of drug-likeness (QED) is 0.756. The summed E-state index contributed by atoms with van der Waals surface area (Å²) in [6.07, 6.45) is 1.66. The van der Waals surface area contributed by atoms with E-state index in [2.05, 4.69) is 17.0 Å². The molecule has 1 heterocycles. The summed E-state index contributed by atoms with van der Waals surface area (Å²) < 4.78 is 32.0. The fraction of sp³-hybridized carbons (Fsp3) is 0.333. The van der Waals surface area contributed by atoms with Gasteiger partial charge in [-0.05, 0) is 55.2 Å². The lowest BCUT2D eigenvalue weighted by atomic mass is 10.0. The zero-order chi connectivity index (χ0) is 21.0. The number of anilines is 1. The molecule has 1 aliphatic rings. The topological polar surface area (TPSA) is 92.8 Å². The highest BCUT2D eigenvalue weighted by Crippen LogP contribution is 2.24. The van der Waals surface area contributed by atoms with Gasteiger partial charge in [0, 0.05) is 24.3 Å². The average Bonchev–Trinajstić information content (AvgIpc) is 2.73. The summed E-state index contributed by atoms with van der Waals surface area (Å²) in [5, 5.41) is 2.69. The normalized spacial score (nSPS) is 15.7. The maximum atomic E-state index is 12.9. The summed E-state index contributed by atoms with van der Waals surface area (Å²) in [6.45, 7) is 3.09. The first kappa shape index (κ1) is 21.0. The van der Waals surface area contributed by atoms with E-state index in [0.717, 1.165) is 12.8 Å². The van der Waals surface area contributed by atoms with Crippen LogP contribution in [0.1, 0.15) is 40.5 Å². The molecule has 1 amide bonds. The second-order valence-electron chi connectivity index (χ2n) is 7.14. The van der Waals surface area contributed by atoms with E-state index in [1.165, 1.54) is 29.6 Å². The van der Waals surface area contributed by atoms with Crippen LogP contribution in [0.15, 0.2) is 53.4 Å². The SMILES string of the molecule is COC(=O)c1cccc(NC(=O)c2cccc(S(=O)(=O)N3CCC(C)CC3)c2)c1. The first-order chi connectivity index (χ1) is 13.8. The minimum Gasteiger partial charge on any atom is -0.465 e. The van der Waals surface area contributed by atoms with E-state index in [4.69, 9.17) is 0 Å². The van der Waals surface area contributed by atoms with E-state index in [1.54, 1.807) is 30.3 Å². The van der Waals surface area contributed by atoms with Gasteiger partial charge in [-0.3, -0.25) is 4.79 Å². The molecule has 0 aliphatic carbocycles. The third kappa shape index (κ3) is 4.83. The number of amides is 1. The maximum absolute atomic E-state index is 12.9. The van der Waals surface area contributed by atoms with E-state index in [1.807, 2.05) is 0 Å². The number of hydrogen-bond donors (Lipinski definition) is 1. The van der Waals surface area contributed by atoms with Gasteiger partial charge in [0.2, 0.25) is 10.0 Å². The molecule has 8 heteroatoms. The molecule has 1 aliphatic heterocycles. The van der Waals surface area contributed by atoms with Gasteiger partial charge in [-0.2, -0.15) is 4.31 Å². The largest absolute Gasteiger partial charge is 0.465 e. The van der Waals surface area contributed by atoms with Gasteiger partial charge in [0.25, 0.3) is 5.91 Å². The first-order valence-electron chi connectivity index (χ1n) is 9.41. The Morgan fingerprint density at radius 3 is 2.38 bits per heavy atom. The van der Waals surface area contributed by atoms with Crippen LogP contribution in [-0.2, 0) is 14.8 Å². The molecule has 3 rings (SSSR count). The van der Waals surface area contributed by atoms with Gasteiger partial charge in [0.05, 0.1) is 17.6 Å². The zero-order valence-corrected chi connectivity index (χ0v) is 17.2. The van der Waals surface area contributed by atoms with Gasteiger partial charge in [0.1, 0.15) is 0 Å². The smallest absolute Gasteiger partial charge is 0.337 e. The van der Waals surface area contributed by atoms with E-state index in [0.29, 0.717) is 30.3 Å². The third-order valence-corrected chi connectivity index (χ3v) is 6.91. The van der Waals surface area contributed by atoms with Gasteiger partial charge in [-0.25, -0.2) is 13.2 Å². The van der Waals surface area contributed by atoms with Crippen LogP contribution in [0.2, 0.25) is 0 Å². The van der Waals surface area contributed by atoms with Crippen molar-refractivity contribution in [3.05, 3.63) is 59.7 Å². The van der Waals surface area contributed by atoms with Crippen molar-refractivity contribution in [3.8, 4) is 0 Å². The van der Waals surface area contributed by atoms with Crippen molar-refractivity contribution in [1.82, 2.24) is 4.31 Å². The molecule has 0 aromatic heterocycles. The van der Waals surface area contributed by atoms with Crippen LogP contribution in [-0.4, -0.2) is 44.8 Å². The third-order valence-electron chi connectivity index (χ3n) is 5.02. The number of nitrogens with zero attached hydrogens (tertiary/aromatic N) is 1. The van der Waals surface area contributed by atoms with Gasteiger partial charge in [-0.15, -0.1) is 0 Å². The molecule has 0 bridgehead atoms. The second kappa shape index (κ2) is 8.75. The molecule has 7 nitrogen and oxygen atoms in total. The van der Waals surface area contributed by atoms with Crippen LogP contribution in [0.5, 0.6) is 0 Å². The monoisotopic (exact) mass is 416 g/mol. The van der Waals surface area contributed by atoms with Gasteiger partial charge >= 0.3 is 5.97 Å².